The number of amides is 4. The number of unbranched alkanes of at least 4 members (excludes halogenated alkanes) is 1. The number of hydrogen-bond acceptors (Lipinski definition) is 8. The SMILES string of the molecule is C=NCCOCCOCCNC(=O)NCCCCNC(=O)NCCOCCOCCN=C. The number of carbonyl (C=O) groups is 2. The van der Waals surface area contributed by atoms with E-state index in [1.807, 2.05) is 0 Å². The molecule has 0 bridgehead atoms. The highest BCUT2D eigenvalue weighted by molar-refractivity contribution is 5.74. The second kappa shape index (κ2) is 25.0. The Bertz CT molecular complexity index is 441. The molecule has 0 aliphatic heterocycles. The van der Waals surface area contributed by atoms with Gasteiger partial charge in [-0.15, -0.1) is 0 Å². The molecule has 0 aromatic carbocycles. The maximum Gasteiger partial charge on any atom is 0.314 e. The molecule has 0 fully saturated rings. The van der Waals surface area contributed by atoms with Gasteiger partial charge in [0.05, 0.1) is 65.9 Å². The third-order valence-electron chi connectivity index (χ3n) is 3.77. The van der Waals surface area contributed by atoms with Gasteiger partial charge in [0.25, 0.3) is 0 Å². The molecule has 0 saturated heterocycles. The quantitative estimate of drug-likeness (QED) is 0.123. The fraction of sp³-hybridized carbons (Fsp3) is 0.800. The molecule has 0 heterocycles. The van der Waals surface area contributed by atoms with Crippen LogP contribution in [0, 0.1) is 0 Å². The van der Waals surface area contributed by atoms with Gasteiger partial charge in [0, 0.05) is 26.2 Å². The molecule has 0 aliphatic rings. The van der Waals surface area contributed by atoms with Crippen molar-refractivity contribution in [3.63, 3.8) is 0 Å². The summed E-state index contributed by atoms with van der Waals surface area (Å²) in [7, 11) is 0. The summed E-state index contributed by atoms with van der Waals surface area (Å²) in [6.07, 6.45) is 1.51. The maximum atomic E-state index is 11.6. The highest BCUT2D eigenvalue weighted by Gasteiger charge is 2.01. The summed E-state index contributed by atoms with van der Waals surface area (Å²) in [5.74, 6) is 0. The summed E-state index contributed by atoms with van der Waals surface area (Å²) < 4.78 is 21.2. The van der Waals surface area contributed by atoms with Gasteiger partial charge in [0.2, 0.25) is 0 Å². The molecule has 0 atom stereocenters. The molecule has 0 unspecified atom stereocenters. The van der Waals surface area contributed by atoms with Crippen molar-refractivity contribution >= 4 is 25.5 Å². The van der Waals surface area contributed by atoms with Gasteiger partial charge in [-0.1, -0.05) is 0 Å². The van der Waals surface area contributed by atoms with Crippen LogP contribution in [-0.2, 0) is 18.9 Å². The third kappa shape index (κ3) is 24.0. The number of hydrogen-bond donors (Lipinski definition) is 4. The van der Waals surface area contributed by atoms with Crippen LogP contribution in [0.1, 0.15) is 12.8 Å². The number of rotatable bonds is 23. The molecular formula is C20H40N6O6. The molecule has 186 valence electrons. The maximum absolute atomic E-state index is 11.6. The molecule has 12 heteroatoms. The summed E-state index contributed by atoms with van der Waals surface area (Å²) in [5, 5.41) is 10.9. The van der Waals surface area contributed by atoms with Gasteiger partial charge in [-0.2, -0.15) is 0 Å². The highest BCUT2D eigenvalue weighted by atomic mass is 16.5. The minimum Gasteiger partial charge on any atom is -0.377 e. The molecule has 32 heavy (non-hydrogen) atoms. The van der Waals surface area contributed by atoms with Crippen LogP contribution in [0.3, 0.4) is 0 Å². The molecule has 0 aromatic rings. The van der Waals surface area contributed by atoms with Crippen LogP contribution in [0.15, 0.2) is 9.98 Å². The first-order valence-electron chi connectivity index (χ1n) is 10.9. The van der Waals surface area contributed by atoms with Crippen molar-refractivity contribution in [3.8, 4) is 0 Å². The predicted molar refractivity (Wildman–Crippen MR) is 124 cm³/mol. The largest absolute Gasteiger partial charge is 0.377 e. The number of nitrogens with one attached hydrogen (secondary N) is 4. The van der Waals surface area contributed by atoms with Gasteiger partial charge in [-0.3, -0.25) is 9.98 Å². The zero-order valence-corrected chi connectivity index (χ0v) is 19.1. The van der Waals surface area contributed by atoms with Gasteiger partial charge in [-0.25, -0.2) is 9.59 Å². The lowest BCUT2D eigenvalue weighted by Crippen LogP contribution is -2.39. The van der Waals surface area contributed by atoms with E-state index < -0.39 is 0 Å². The molecule has 0 aliphatic carbocycles. The van der Waals surface area contributed by atoms with E-state index in [0.29, 0.717) is 92.1 Å². The van der Waals surface area contributed by atoms with Crippen molar-refractivity contribution in [1.82, 2.24) is 21.3 Å². The first-order chi connectivity index (χ1) is 15.7. The number of carbonyl (C=O) groups excluding carboxylic acids is 2. The monoisotopic (exact) mass is 460 g/mol. The van der Waals surface area contributed by atoms with Gasteiger partial charge in [0.15, 0.2) is 0 Å². The first-order valence-corrected chi connectivity index (χ1v) is 10.9. The Morgan fingerprint density at radius 1 is 0.531 bits per heavy atom. The van der Waals surface area contributed by atoms with Crippen molar-refractivity contribution in [2.75, 3.05) is 92.1 Å². The second-order valence-corrected chi connectivity index (χ2v) is 6.42. The minimum atomic E-state index is -0.240. The van der Waals surface area contributed by atoms with Crippen LogP contribution in [0.5, 0.6) is 0 Å². The average Bonchev–Trinajstić information content (AvgIpc) is 2.79. The van der Waals surface area contributed by atoms with Gasteiger partial charge >= 0.3 is 12.1 Å². The molecule has 0 aromatic heterocycles. The van der Waals surface area contributed by atoms with E-state index in [2.05, 4.69) is 44.7 Å². The Kier molecular flexibility index (Phi) is 23.2. The van der Waals surface area contributed by atoms with Crippen LogP contribution >= 0.6 is 0 Å². The number of nitrogens with zero attached hydrogens (tertiary/aromatic N) is 2. The van der Waals surface area contributed by atoms with E-state index >= 15 is 0 Å². The van der Waals surface area contributed by atoms with Gasteiger partial charge < -0.3 is 40.2 Å². The first kappa shape index (κ1) is 29.7. The van der Waals surface area contributed by atoms with E-state index in [4.69, 9.17) is 18.9 Å². The van der Waals surface area contributed by atoms with E-state index in [1.165, 1.54) is 0 Å². The fourth-order valence-corrected chi connectivity index (χ4v) is 2.15. The third-order valence-corrected chi connectivity index (χ3v) is 3.77. The van der Waals surface area contributed by atoms with Crippen molar-refractivity contribution in [3.05, 3.63) is 0 Å². The Balaban J connectivity index is 3.29. The molecule has 0 saturated carbocycles. The average molecular weight is 461 g/mol. The molecule has 4 N–H and O–H groups in total. The Morgan fingerprint density at radius 2 is 0.875 bits per heavy atom. The van der Waals surface area contributed by atoms with Crippen LogP contribution in [-0.4, -0.2) is 118 Å². The number of ether oxygens (including phenoxy) is 4. The van der Waals surface area contributed by atoms with Crippen molar-refractivity contribution < 1.29 is 28.5 Å². The zero-order chi connectivity index (χ0) is 23.5. The standard InChI is InChI=1S/C20H40N6O6/c1-21-7-11-29-15-17-31-13-9-25-19(27)23-5-3-4-6-24-20(28)26-10-14-32-18-16-30-12-8-22-2/h1-18H2,(H2,23,25,27)(H2,24,26,28). The molecule has 4 amide bonds. The zero-order valence-electron chi connectivity index (χ0n) is 19.1. The van der Waals surface area contributed by atoms with Crippen LogP contribution < -0.4 is 21.3 Å². The van der Waals surface area contributed by atoms with Crippen molar-refractivity contribution in [2.45, 2.75) is 12.8 Å². The Labute approximate surface area is 190 Å². The smallest absolute Gasteiger partial charge is 0.314 e. The van der Waals surface area contributed by atoms with E-state index in [9.17, 15) is 9.59 Å². The predicted octanol–water partition coefficient (Wildman–Crippen LogP) is -0.167. The molecular weight excluding hydrogens is 420 g/mol. The Hall–Kier alpha value is -2.28. The van der Waals surface area contributed by atoms with Crippen molar-refractivity contribution in [2.24, 2.45) is 9.98 Å². The summed E-state index contributed by atoms with van der Waals surface area (Å²) in [6.45, 7) is 13.6. The fourth-order valence-electron chi connectivity index (χ4n) is 2.15. The lowest BCUT2D eigenvalue weighted by molar-refractivity contribution is 0.0525. The molecule has 0 radical (unpaired) electrons. The minimum absolute atomic E-state index is 0.240. The van der Waals surface area contributed by atoms with Crippen LogP contribution in [0.2, 0.25) is 0 Å². The topological polar surface area (TPSA) is 144 Å². The normalized spacial score (nSPS) is 10.4. The van der Waals surface area contributed by atoms with Crippen LogP contribution in [0.4, 0.5) is 9.59 Å². The lowest BCUT2D eigenvalue weighted by atomic mass is 10.3. The molecule has 0 spiro atoms. The summed E-state index contributed by atoms with van der Waals surface area (Å²) >= 11 is 0. The molecule has 0 rings (SSSR count). The lowest BCUT2D eigenvalue weighted by Gasteiger charge is -2.10. The second-order valence-electron chi connectivity index (χ2n) is 6.42. The van der Waals surface area contributed by atoms with Gasteiger partial charge in [-0.05, 0) is 26.3 Å². The highest BCUT2D eigenvalue weighted by Crippen LogP contribution is 1.85. The van der Waals surface area contributed by atoms with E-state index in [0.717, 1.165) is 12.8 Å². The Morgan fingerprint density at radius 3 is 1.25 bits per heavy atom. The van der Waals surface area contributed by atoms with Gasteiger partial charge in [0.1, 0.15) is 0 Å². The van der Waals surface area contributed by atoms with Crippen LogP contribution in [0.25, 0.3) is 0 Å². The van der Waals surface area contributed by atoms with Crippen molar-refractivity contribution in [1.29, 1.82) is 0 Å². The number of aliphatic imine (C=N–C) groups is 2. The molecule has 12 nitrogen and oxygen atoms in total. The van der Waals surface area contributed by atoms with E-state index in [-0.39, 0.29) is 12.1 Å². The summed E-state index contributed by atoms with van der Waals surface area (Å²) in [6, 6.07) is -0.481. The summed E-state index contributed by atoms with van der Waals surface area (Å²) in [5.41, 5.74) is 0. The number of urea groups is 2. The summed E-state index contributed by atoms with van der Waals surface area (Å²) in [4.78, 5) is 30.6. The van der Waals surface area contributed by atoms with E-state index in [1.54, 1.807) is 0 Å².